The zero-order valence-electron chi connectivity index (χ0n) is 13.8. The molecular formula is C17H25NO4. The van der Waals surface area contributed by atoms with Gasteiger partial charge in [-0.2, -0.15) is 0 Å². The summed E-state index contributed by atoms with van der Waals surface area (Å²) in [5, 5.41) is 0. The Morgan fingerprint density at radius 1 is 1.05 bits per heavy atom. The van der Waals surface area contributed by atoms with E-state index < -0.39 is 11.9 Å². The highest BCUT2D eigenvalue weighted by Crippen LogP contribution is 2.14. The fraction of sp³-hybridized carbons (Fsp3) is 0.588. The highest BCUT2D eigenvalue weighted by atomic mass is 16.5. The Morgan fingerprint density at radius 2 is 1.64 bits per heavy atom. The first-order chi connectivity index (χ1) is 10.3. The Balaban J connectivity index is 2.61. The number of nitrogens with zero attached hydrogens (tertiary/aromatic N) is 1. The molecule has 1 aromatic rings. The van der Waals surface area contributed by atoms with Gasteiger partial charge in [0.2, 0.25) is 0 Å². The van der Waals surface area contributed by atoms with Crippen molar-refractivity contribution in [2.45, 2.75) is 47.0 Å². The topological polar surface area (TPSA) is 65.5 Å². The second-order valence-corrected chi connectivity index (χ2v) is 6.39. The van der Waals surface area contributed by atoms with Crippen LogP contribution < -0.4 is 0 Å². The van der Waals surface area contributed by atoms with Crippen LogP contribution >= 0.6 is 0 Å². The highest BCUT2D eigenvalue weighted by molar-refractivity contribution is 5.91. The monoisotopic (exact) mass is 307 g/mol. The first kappa shape index (κ1) is 18.1. The van der Waals surface area contributed by atoms with Crippen molar-refractivity contribution >= 4 is 11.9 Å². The van der Waals surface area contributed by atoms with E-state index in [1.54, 1.807) is 6.07 Å². The Kier molecular flexibility index (Phi) is 7.02. The first-order valence-corrected chi connectivity index (χ1v) is 7.65. The van der Waals surface area contributed by atoms with Crippen molar-refractivity contribution in [1.82, 2.24) is 4.98 Å². The van der Waals surface area contributed by atoms with Crippen LogP contribution in [0.25, 0.3) is 0 Å². The van der Waals surface area contributed by atoms with Crippen LogP contribution in [-0.2, 0) is 9.47 Å². The lowest BCUT2D eigenvalue weighted by Gasteiger charge is -2.17. The van der Waals surface area contributed by atoms with Gasteiger partial charge in [-0.15, -0.1) is 0 Å². The number of pyridine rings is 1. The van der Waals surface area contributed by atoms with E-state index in [1.807, 2.05) is 20.8 Å². The van der Waals surface area contributed by atoms with Crippen LogP contribution in [0.2, 0.25) is 0 Å². The second kappa shape index (κ2) is 8.51. The van der Waals surface area contributed by atoms with Crippen molar-refractivity contribution in [3.63, 3.8) is 0 Å². The molecule has 0 amide bonds. The molecule has 0 saturated carbocycles. The summed E-state index contributed by atoms with van der Waals surface area (Å²) < 4.78 is 10.3. The van der Waals surface area contributed by atoms with Gasteiger partial charge in [0, 0.05) is 0 Å². The summed E-state index contributed by atoms with van der Waals surface area (Å²) in [6, 6.07) is 4.66. The number of carbonyl (C=O) groups excluding carboxylic acids is 2. The largest absolute Gasteiger partial charge is 0.461 e. The smallest absolute Gasteiger partial charge is 0.356 e. The van der Waals surface area contributed by atoms with Crippen LogP contribution in [0, 0.1) is 5.41 Å². The van der Waals surface area contributed by atoms with Crippen molar-refractivity contribution < 1.29 is 19.1 Å². The molecule has 5 heteroatoms. The molecule has 0 radical (unpaired) electrons. The molecule has 1 aromatic heterocycles. The van der Waals surface area contributed by atoms with Crippen LogP contribution in [0.5, 0.6) is 0 Å². The van der Waals surface area contributed by atoms with Crippen LogP contribution in [0.3, 0.4) is 0 Å². The van der Waals surface area contributed by atoms with Crippen molar-refractivity contribution in [3.05, 3.63) is 29.6 Å². The Bertz CT molecular complexity index is 506. The van der Waals surface area contributed by atoms with Gasteiger partial charge in [0.1, 0.15) is 11.4 Å². The molecule has 22 heavy (non-hydrogen) atoms. The lowest BCUT2D eigenvalue weighted by atomic mass is 9.99. The zero-order chi connectivity index (χ0) is 16.6. The summed E-state index contributed by atoms with van der Waals surface area (Å²) in [4.78, 5) is 27.8. The minimum Gasteiger partial charge on any atom is -0.461 e. The number of hydrogen-bond acceptors (Lipinski definition) is 5. The van der Waals surface area contributed by atoms with Gasteiger partial charge in [-0.25, -0.2) is 14.6 Å². The molecule has 1 rings (SSSR count). The summed E-state index contributed by atoms with van der Waals surface area (Å²) in [6.07, 6.45) is 2.90. The van der Waals surface area contributed by atoms with Crippen LogP contribution in [0.1, 0.15) is 67.9 Å². The quantitative estimate of drug-likeness (QED) is 0.568. The fourth-order valence-electron chi connectivity index (χ4n) is 1.61. The number of carbonyl (C=O) groups is 2. The van der Waals surface area contributed by atoms with Crippen LogP contribution in [0.4, 0.5) is 0 Å². The molecule has 0 fully saturated rings. The van der Waals surface area contributed by atoms with Crippen molar-refractivity contribution in [3.8, 4) is 0 Å². The fourth-order valence-corrected chi connectivity index (χ4v) is 1.61. The summed E-state index contributed by atoms with van der Waals surface area (Å²) in [6.45, 7) is 8.65. The molecule has 5 nitrogen and oxygen atoms in total. The maximum atomic E-state index is 11.9. The molecule has 122 valence electrons. The zero-order valence-corrected chi connectivity index (χ0v) is 13.8. The van der Waals surface area contributed by atoms with Crippen molar-refractivity contribution in [2.24, 2.45) is 5.41 Å². The normalized spacial score (nSPS) is 11.1. The number of hydrogen-bond donors (Lipinski definition) is 0. The summed E-state index contributed by atoms with van der Waals surface area (Å²) >= 11 is 0. The number of unbranched alkanes of at least 4 members (excludes halogenated alkanes) is 2. The Morgan fingerprint density at radius 3 is 2.18 bits per heavy atom. The van der Waals surface area contributed by atoms with Gasteiger partial charge in [0.15, 0.2) is 0 Å². The molecule has 0 bridgehead atoms. The number of esters is 2. The third kappa shape index (κ3) is 6.70. The van der Waals surface area contributed by atoms with E-state index in [9.17, 15) is 9.59 Å². The van der Waals surface area contributed by atoms with E-state index in [-0.39, 0.29) is 16.8 Å². The Labute approximate surface area is 132 Å². The van der Waals surface area contributed by atoms with Gasteiger partial charge >= 0.3 is 11.9 Å². The minimum absolute atomic E-state index is 0.118. The predicted molar refractivity (Wildman–Crippen MR) is 83.8 cm³/mol. The van der Waals surface area contributed by atoms with E-state index in [0.29, 0.717) is 13.2 Å². The highest BCUT2D eigenvalue weighted by Gasteiger charge is 2.17. The van der Waals surface area contributed by atoms with Gasteiger partial charge in [0.25, 0.3) is 0 Å². The number of ether oxygens (including phenoxy) is 2. The predicted octanol–water partition coefficient (Wildman–Crippen LogP) is 3.63. The number of aromatic nitrogens is 1. The molecule has 0 unspecified atom stereocenters. The standard InChI is InChI=1S/C17H25NO4/c1-5-6-7-11-21-15(19)13-9-8-10-14(18-13)16(20)22-12-17(2,3)4/h8-10H,5-7,11-12H2,1-4H3. The third-order valence-corrected chi connectivity index (χ3v) is 2.78. The summed E-state index contributed by atoms with van der Waals surface area (Å²) in [5.74, 6) is -1.04. The molecule has 1 heterocycles. The van der Waals surface area contributed by atoms with Gasteiger partial charge in [-0.3, -0.25) is 0 Å². The molecule has 0 aliphatic carbocycles. The molecule has 0 spiro atoms. The van der Waals surface area contributed by atoms with E-state index >= 15 is 0 Å². The maximum Gasteiger partial charge on any atom is 0.356 e. The average Bonchev–Trinajstić information content (AvgIpc) is 2.48. The van der Waals surface area contributed by atoms with Gasteiger partial charge < -0.3 is 9.47 Å². The molecule has 0 saturated heterocycles. The van der Waals surface area contributed by atoms with Crippen molar-refractivity contribution in [1.29, 1.82) is 0 Å². The first-order valence-electron chi connectivity index (χ1n) is 7.65. The molecule has 0 atom stereocenters. The lowest BCUT2D eigenvalue weighted by Crippen LogP contribution is -2.19. The molecule has 0 aliphatic rings. The van der Waals surface area contributed by atoms with Gasteiger partial charge in [0.05, 0.1) is 13.2 Å². The lowest BCUT2D eigenvalue weighted by molar-refractivity contribution is 0.0359. The summed E-state index contributed by atoms with van der Waals surface area (Å²) in [5.41, 5.74) is 0.125. The Hall–Kier alpha value is -1.91. The van der Waals surface area contributed by atoms with E-state index in [4.69, 9.17) is 9.47 Å². The maximum absolute atomic E-state index is 11.9. The molecule has 0 N–H and O–H groups in total. The van der Waals surface area contributed by atoms with E-state index in [0.717, 1.165) is 19.3 Å². The SMILES string of the molecule is CCCCCOC(=O)c1cccc(C(=O)OCC(C)(C)C)n1. The summed E-state index contributed by atoms with van der Waals surface area (Å²) in [7, 11) is 0. The molecular weight excluding hydrogens is 282 g/mol. The van der Waals surface area contributed by atoms with Gasteiger partial charge in [-0.1, -0.05) is 46.6 Å². The average molecular weight is 307 g/mol. The second-order valence-electron chi connectivity index (χ2n) is 6.39. The van der Waals surface area contributed by atoms with Gasteiger partial charge in [-0.05, 0) is 24.0 Å². The molecule has 0 aromatic carbocycles. The third-order valence-electron chi connectivity index (χ3n) is 2.78. The van der Waals surface area contributed by atoms with E-state index in [1.165, 1.54) is 12.1 Å². The van der Waals surface area contributed by atoms with E-state index in [2.05, 4.69) is 11.9 Å². The van der Waals surface area contributed by atoms with Crippen molar-refractivity contribution in [2.75, 3.05) is 13.2 Å². The number of rotatable bonds is 7. The van der Waals surface area contributed by atoms with Crippen LogP contribution in [0.15, 0.2) is 18.2 Å². The van der Waals surface area contributed by atoms with Crippen LogP contribution in [-0.4, -0.2) is 30.1 Å². The minimum atomic E-state index is -0.532. The molecule has 0 aliphatic heterocycles.